The van der Waals surface area contributed by atoms with Gasteiger partial charge in [0.2, 0.25) is 0 Å². The third-order valence-corrected chi connectivity index (χ3v) is 8.03. The van der Waals surface area contributed by atoms with Crippen molar-refractivity contribution in [3.05, 3.63) is 103 Å². The summed E-state index contributed by atoms with van der Waals surface area (Å²) in [6.45, 7) is 0. The Morgan fingerprint density at radius 1 is 1.04 bits per heavy atom. The minimum Gasteiger partial charge on any atom is -0.475 e. The summed E-state index contributed by atoms with van der Waals surface area (Å²) in [6, 6.07) is 23.3. The van der Waals surface area contributed by atoms with E-state index in [-0.39, 0.29) is 11.3 Å². The first-order valence-electron chi connectivity index (χ1n) is 13.1. The Hall–Kier alpha value is -5.75. The molecule has 0 bridgehead atoms. The normalized spacial score (nSPS) is 12.2. The Kier molecular flexibility index (Phi) is 8.50. The topological polar surface area (TPSA) is 167 Å². The number of H-pyrrole nitrogens is 1. The van der Waals surface area contributed by atoms with Crippen LogP contribution in [0.2, 0.25) is 0 Å². The van der Waals surface area contributed by atoms with Crippen LogP contribution in [0.1, 0.15) is 18.0 Å². The van der Waals surface area contributed by atoms with Crippen LogP contribution in [0.4, 0.5) is 18.9 Å². The fraction of sp³-hybridized carbons (Fsp3) is 0.100. The quantitative estimate of drug-likeness (QED) is 0.195. The summed E-state index contributed by atoms with van der Waals surface area (Å²) in [5, 5.41) is 23.8. The standard InChI is InChI=1S/C28H21N7O2S.C2HF3O2/c29-13-11-26(35-17-21(16-33-35)27-24-12-14-30-28(24)32-18-31-27)20-7-3-8-22(15-20)38(36,37)34-25-10-4-6-19-5-1-2-9-23(19)25;3-2(4,5)1(6)7/h1-10,12,14-18,26,34H,11H2,(H,30,31,32);(H,6,7). The molecule has 228 valence electrons. The molecule has 0 saturated heterocycles. The smallest absolute Gasteiger partial charge is 0.475 e. The van der Waals surface area contributed by atoms with Crippen LogP contribution in [-0.2, 0) is 14.8 Å². The van der Waals surface area contributed by atoms with Gasteiger partial charge in [0, 0.05) is 28.7 Å². The Labute approximate surface area is 253 Å². The molecule has 0 amide bonds. The molecule has 15 heteroatoms. The number of alkyl halides is 3. The lowest BCUT2D eigenvalue weighted by Gasteiger charge is -2.17. The number of carbonyl (C=O) groups is 1. The predicted molar refractivity (Wildman–Crippen MR) is 158 cm³/mol. The zero-order valence-corrected chi connectivity index (χ0v) is 23.8. The maximum atomic E-state index is 13.4. The fourth-order valence-electron chi connectivity index (χ4n) is 4.59. The van der Waals surface area contributed by atoms with Crippen LogP contribution in [0.15, 0.2) is 103 Å². The van der Waals surface area contributed by atoms with Crippen molar-refractivity contribution in [2.75, 3.05) is 4.72 Å². The minimum absolute atomic E-state index is 0.100. The Morgan fingerprint density at radius 3 is 2.53 bits per heavy atom. The molecule has 11 nitrogen and oxygen atoms in total. The lowest BCUT2D eigenvalue weighted by Crippen LogP contribution is -2.21. The van der Waals surface area contributed by atoms with E-state index in [0.717, 1.165) is 21.7 Å². The summed E-state index contributed by atoms with van der Waals surface area (Å²) in [4.78, 5) is 20.7. The molecule has 1 atom stereocenters. The molecule has 0 aliphatic carbocycles. The number of fused-ring (bicyclic) bond motifs is 2. The van der Waals surface area contributed by atoms with Gasteiger partial charge in [-0.25, -0.2) is 23.2 Å². The Morgan fingerprint density at radius 2 is 1.78 bits per heavy atom. The van der Waals surface area contributed by atoms with E-state index in [2.05, 4.69) is 30.8 Å². The predicted octanol–water partition coefficient (Wildman–Crippen LogP) is 5.91. The van der Waals surface area contributed by atoms with E-state index >= 15 is 0 Å². The molecule has 0 radical (unpaired) electrons. The van der Waals surface area contributed by atoms with E-state index in [1.54, 1.807) is 47.4 Å². The highest BCUT2D eigenvalue weighted by Gasteiger charge is 2.38. The van der Waals surface area contributed by atoms with Gasteiger partial charge in [-0.05, 0) is 35.2 Å². The van der Waals surface area contributed by atoms with Gasteiger partial charge in [-0.2, -0.15) is 23.5 Å². The highest BCUT2D eigenvalue weighted by Crippen LogP contribution is 2.30. The van der Waals surface area contributed by atoms with Crippen LogP contribution in [0.5, 0.6) is 0 Å². The molecule has 0 aliphatic rings. The second-order valence-corrected chi connectivity index (χ2v) is 11.2. The molecule has 3 aromatic carbocycles. The van der Waals surface area contributed by atoms with Gasteiger partial charge in [0.15, 0.2) is 0 Å². The summed E-state index contributed by atoms with van der Waals surface area (Å²) in [6.07, 6.45) is 1.79. The van der Waals surface area contributed by atoms with Crippen LogP contribution in [0.3, 0.4) is 0 Å². The van der Waals surface area contributed by atoms with Gasteiger partial charge in [-0.1, -0.05) is 48.5 Å². The fourth-order valence-corrected chi connectivity index (χ4v) is 5.73. The van der Waals surface area contributed by atoms with Gasteiger partial charge < -0.3 is 10.1 Å². The van der Waals surface area contributed by atoms with Gasteiger partial charge in [-0.15, -0.1) is 0 Å². The number of aromatic nitrogens is 5. The van der Waals surface area contributed by atoms with Crippen molar-refractivity contribution in [2.45, 2.75) is 23.5 Å². The van der Waals surface area contributed by atoms with Crippen molar-refractivity contribution in [3.63, 3.8) is 0 Å². The first-order valence-corrected chi connectivity index (χ1v) is 14.6. The Bertz CT molecular complexity index is 2150. The van der Waals surface area contributed by atoms with E-state index < -0.39 is 28.2 Å². The van der Waals surface area contributed by atoms with Crippen molar-refractivity contribution >= 4 is 43.5 Å². The number of halogens is 3. The molecule has 0 aliphatic heterocycles. The maximum Gasteiger partial charge on any atom is 0.490 e. The molecule has 0 fully saturated rings. The average molecular weight is 634 g/mol. The number of rotatable bonds is 7. The lowest BCUT2D eigenvalue weighted by atomic mass is 10.0. The van der Waals surface area contributed by atoms with Crippen molar-refractivity contribution in [1.29, 1.82) is 5.26 Å². The van der Waals surface area contributed by atoms with Crippen molar-refractivity contribution in [2.24, 2.45) is 0 Å². The van der Waals surface area contributed by atoms with Gasteiger partial charge in [-0.3, -0.25) is 9.40 Å². The first-order chi connectivity index (χ1) is 21.5. The summed E-state index contributed by atoms with van der Waals surface area (Å²) in [7, 11) is -3.90. The number of carboxylic acid groups (broad SMARTS) is 1. The van der Waals surface area contributed by atoms with Gasteiger partial charge >= 0.3 is 12.1 Å². The second kappa shape index (κ2) is 12.5. The molecule has 3 N–H and O–H groups in total. The van der Waals surface area contributed by atoms with Crippen molar-refractivity contribution in [3.8, 4) is 17.3 Å². The molecule has 1 unspecified atom stereocenters. The van der Waals surface area contributed by atoms with E-state index in [9.17, 15) is 26.9 Å². The van der Waals surface area contributed by atoms with Gasteiger partial charge in [0.05, 0.1) is 41.0 Å². The van der Waals surface area contributed by atoms with E-state index in [1.165, 1.54) is 6.33 Å². The minimum atomic E-state index is -5.08. The zero-order valence-electron chi connectivity index (χ0n) is 23.0. The molecule has 0 saturated carbocycles. The monoisotopic (exact) mass is 633 g/mol. The highest BCUT2D eigenvalue weighted by molar-refractivity contribution is 7.92. The number of hydrogen-bond donors (Lipinski definition) is 3. The number of carboxylic acids is 1. The summed E-state index contributed by atoms with van der Waals surface area (Å²) in [5.74, 6) is -2.76. The van der Waals surface area contributed by atoms with Crippen molar-refractivity contribution < 1.29 is 31.5 Å². The average Bonchev–Trinajstić information content (AvgIpc) is 3.70. The Balaban J connectivity index is 0.000000515. The molecule has 3 heterocycles. The molecule has 6 aromatic rings. The zero-order chi connectivity index (χ0) is 32.2. The van der Waals surface area contributed by atoms with Crippen LogP contribution >= 0.6 is 0 Å². The van der Waals surface area contributed by atoms with Crippen LogP contribution in [0.25, 0.3) is 33.1 Å². The molecule has 0 spiro atoms. The van der Waals surface area contributed by atoms with Crippen molar-refractivity contribution in [1.82, 2.24) is 24.7 Å². The molecule has 6 rings (SSSR count). The summed E-state index contributed by atoms with van der Waals surface area (Å²) < 4.78 is 62.9. The summed E-state index contributed by atoms with van der Waals surface area (Å²) in [5.41, 5.74) is 3.35. The van der Waals surface area contributed by atoms with Crippen LogP contribution in [0, 0.1) is 11.3 Å². The largest absolute Gasteiger partial charge is 0.490 e. The summed E-state index contributed by atoms with van der Waals surface area (Å²) >= 11 is 0. The number of aliphatic carboxylic acids is 1. The number of anilines is 1. The third kappa shape index (κ3) is 6.76. The number of hydrogen-bond acceptors (Lipinski definition) is 7. The SMILES string of the molecule is N#CCC(c1cccc(S(=O)(=O)Nc2cccc3ccccc23)c1)n1cc(-c2ncnc3[nH]ccc23)cn1.O=C(O)C(F)(F)F. The third-order valence-electron chi connectivity index (χ3n) is 6.66. The van der Waals surface area contributed by atoms with E-state index in [4.69, 9.17) is 9.90 Å². The molecule has 45 heavy (non-hydrogen) atoms. The number of benzene rings is 3. The van der Waals surface area contributed by atoms with Crippen LogP contribution < -0.4 is 4.72 Å². The number of nitrogens with zero attached hydrogens (tertiary/aromatic N) is 5. The number of nitrogens with one attached hydrogen (secondary N) is 2. The van der Waals surface area contributed by atoms with Gasteiger partial charge in [0.1, 0.15) is 12.0 Å². The number of aromatic amines is 1. The first kappa shape index (κ1) is 30.7. The molecule has 3 aromatic heterocycles. The number of sulfonamides is 1. The van der Waals surface area contributed by atoms with Crippen LogP contribution in [-0.4, -0.2) is 50.4 Å². The lowest BCUT2D eigenvalue weighted by molar-refractivity contribution is -0.192. The molecular formula is C30H22F3N7O4S. The maximum absolute atomic E-state index is 13.4. The highest BCUT2D eigenvalue weighted by atomic mass is 32.2. The molecular weight excluding hydrogens is 611 g/mol. The van der Waals surface area contributed by atoms with E-state index in [0.29, 0.717) is 22.6 Å². The number of nitriles is 1. The van der Waals surface area contributed by atoms with Gasteiger partial charge in [0.25, 0.3) is 10.0 Å². The second-order valence-electron chi connectivity index (χ2n) is 9.56. The van der Waals surface area contributed by atoms with E-state index in [1.807, 2.05) is 48.7 Å².